The van der Waals surface area contributed by atoms with Gasteiger partial charge in [-0.3, -0.25) is 4.79 Å². The van der Waals surface area contributed by atoms with Crippen LogP contribution in [0.15, 0.2) is 18.2 Å². The highest BCUT2D eigenvalue weighted by atomic mass is 19.3. The molecule has 0 atom stereocenters. The third-order valence-electron chi connectivity index (χ3n) is 2.38. The van der Waals surface area contributed by atoms with Crippen molar-refractivity contribution in [1.82, 2.24) is 5.32 Å². The SMILES string of the molecule is CCOc1c(N)cccc1C(=O)NCC(F)(F)C(F)F. The second kappa shape index (κ2) is 6.44. The molecule has 0 bridgehead atoms. The first-order valence-corrected chi connectivity index (χ1v) is 5.75. The second-order valence-corrected chi connectivity index (χ2v) is 3.90. The zero-order valence-electron chi connectivity index (χ0n) is 10.6. The minimum atomic E-state index is -4.29. The lowest BCUT2D eigenvalue weighted by molar-refractivity contribution is -0.123. The number of alkyl halides is 4. The molecule has 0 spiro atoms. The summed E-state index contributed by atoms with van der Waals surface area (Å²) in [5.41, 5.74) is 5.67. The molecule has 0 radical (unpaired) electrons. The van der Waals surface area contributed by atoms with Gasteiger partial charge in [0.25, 0.3) is 5.91 Å². The van der Waals surface area contributed by atoms with Crippen LogP contribution in [0.25, 0.3) is 0 Å². The molecule has 1 aromatic rings. The standard InChI is InChI=1S/C12H14F4N2O2/c1-2-20-9-7(4-3-5-8(9)17)10(19)18-6-12(15,16)11(13)14/h3-5,11H,2,6,17H2,1H3,(H,18,19). The molecule has 8 heteroatoms. The quantitative estimate of drug-likeness (QED) is 0.625. The Balaban J connectivity index is 2.85. The minimum Gasteiger partial charge on any atom is -0.491 e. The maximum atomic E-state index is 12.7. The average molecular weight is 294 g/mol. The van der Waals surface area contributed by atoms with Gasteiger partial charge in [-0.15, -0.1) is 0 Å². The fraction of sp³-hybridized carbons (Fsp3) is 0.417. The van der Waals surface area contributed by atoms with Crippen molar-refractivity contribution in [1.29, 1.82) is 0 Å². The molecular weight excluding hydrogens is 280 g/mol. The normalized spacial score (nSPS) is 11.5. The maximum Gasteiger partial charge on any atom is 0.324 e. The number of nitrogens with two attached hydrogens (primary N) is 1. The van der Waals surface area contributed by atoms with Gasteiger partial charge < -0.3 is 15.8 Å². The molecule has 0 heterocycles. The van der Waals surface area contributed by atoms with Gasteiger partial charge in [0.15, 0.2) is 5.75 Å². The number of anilines is 1. The number of carbonyl (C=O) groups excluding carboxylic acids is 1. The van der Waals surface area contributed by atoms with E-state index < -0.39 is 24.8 Å². The van der Waals surface area contributed by atoms with Crippen LogP contribution in [-0.4, -0.2) is 31.4 Å². The Morgan fingerprint density at radius 2 is 2.10 bits per heavy atom. The van der Waals surface area contributed by atoms with E-state index >= 15 is 0 Å². The number of rotatable bonds is 6. The van der Waals surface area contributed by atoms with Gasteiger partial charge in [-0.2, -0.15) is 8.78 Å². The summed E-state index contributed by atoms with van der Waals surface area (Å²) in [5, 5.41) is 1.74. The molecule has 4 nitrogen and oxygen atoms in total. The summed E-state index contributed by atoms with van der Waals surface area (Å²) in [6.45, 7) is 0.393. The van der Waals surface area contributed by atoms with Crippen LogP contribution in [-0.2, 0) is 0 Å². The van der Waals surface area contributed by atoms with Crippen LogP contribution in [0.4, 0.5) is 23.2 Å². The number of hydrogen-bond acceptors (Lipinski definition) is 3. The van der Waals surface area contributed by atoms with Crippen molar-refractivity contribution >= 4 is 11.6 Å². The van der Waals surface area contributed by atoms with Gasteiger partial charge in [-0.05, 0) is 19.1 Å². The van der Waals surface area contributed by atoms with Gasteiger partial charge in [0.1, 0.15) is 0 Å². The van der Waals surface area contributed by atoms with Gasteiger partial charge in [0, 0.05) is 0 Å². The summed E-state index contributed by atoms with van der Waals surface area (Å²) in [6, 6.07) is 4.20. The van der Waals surface area contributed by atoms with E-state index in [2.05, 4.69) is 0 Å². The van der Waals surface area contributed by atoms with Crippen LogP contribution in [0.2, 0.25) is 0 Å². The molecule has 0 aromatic heterocycles. The van der Waals surface area contributed by atoms with Crippen LogP contribution in [0.3, 0.4) is 0 Å². The summed E-state index contributed by atoms with van der Waals surface area (Å²) >= 11 is 0. The number of ether oxygens (including phenoxy) is 1. The number of amides is 1. The number of carbonyl (C=O) groups is 1. The van der Waals surface area contributed by atoms with Crippen molar-refractivity contribution in [2.75, 3.05) is 18.9 Å². The first-order chi connectivity index (χ1) is 9.29. The van der Waals surface area contributed by atoms with Crippen molar-refractivity contribution in [3.05, 3.63) is 23.8 Å². The molecule has 0 saturated carbocycles. The van der Waals surface area contributed by atoms with E-state index in [1.54, 1.807) is 12.2 Å². The maximum absolute atomic E-state index is 12.7. The Kier molecular flexibility index (Phi) is 5.18. The monoisotopic (exact) mass is 294 g/mol. The summed E-state index contributed by atoms with van der Waals surface area (Å²) in [6.07, 6.45) is -3.85. The van der Waals surface area contributed by atoms with Gasteiger partial charge >= 0.3 is 12.3 Å². The van der Waals surface area contributed by atoms with Gasteiger partial charge in [0.2, 0.25) is 0 Å². The molecule has 112 valence electrons. The Bertz CT molecular complexity index is 481. The summed E-state index contributed by atoms with van der Waals surface area (Å²) < 4.78 is 54.6. The fourth-order valence-electron chi connectivity index (χ4n) is 1.41. The molecule has 0 fully saturated rings. The highest BCUT2D eigenvalue weighted by molar-refractivity contribution is 5.98. The lowest BCUT2D eigenvalue weighted by atomic mass is 10.1. The zero-order chi connectivity index (χ0) is 15.3. The molecule has 0 saturated heterocycles. The van der Waals surface area contributed by atoms with E-state index in [4.69, 9.17) is 10.5 Å². The average Bonchev–Trinajstić information content (AvgIpc) is 2.38. The van der Waals surface area contributed by atoms with Crippen LogP contribution in [0.1, 0.15) is 17.3 Å². The van der Waals surface area contributed by atoms with Crippen molar-refractivity contribution in [3.63, 3.8) is 0 Å². The van der Waals surface area contributed by atoms with E-state index in [1.165, 1.54) is 18.2 Å². The number of nitrogen functional groups attached to an aromatic ring is 1. The molecule has 0 unspecified atom stereocenters. The topological polar surface area (TPSA) is 64.3 Å². The molecular formula is C12H14F4N2O2. The Labute approximate surface area is 112 Å². The van der Waals surface area contributed by atoms with Crippen molar-refractivity contribution in [3.8, 4) is 5.75 Å². The summed E-state index contributed by atoms with van der Waals surface area (Å²) in [5.74, 6) is -5.21. The third-order valence-corrected chi connectivity index (χ3v) is 2.38. The Hall–Kier alpha value is -1.99. The highest BCUT2D eigenvalue weighted by Gasteiger charge is 2.41. The predicted octanol–water partition coefficient (Wildman–Crippen LogP) is 2.30. The molecule has 0 aliphatic rings. The second-order valence-electron chi connectivity index (χ2n) is 3.90. The zero-order valence-corrected chi connectivity index (χ0v) is 10.6. The van der Waals surface area contributed by atoms with Gasteiger partial charge in [-0.1, -0.05) is 6.07 Å². The number of nitrogens with one attached hydrogen (secondary N) is 1. The van der Waals surface area contributed by atoms with Crippen LogP contribution >= 0.6 is 0 Å². The number of para-hydroxylation sites is 1. The van der Waals surface area contributed by atoms with E-state index in [0.717, 1.165) is 0 Å². The van der Waals surface area contributed by atoms with Crippen molar-refractivity contribution in [2.24, 2.45) is 0 Å². The molecule has 1 amide bonds. The lowest BCUT2D eigenvalue weighted by Gasteiger charge is -2.17. The number of hydrogen-bond donors (Lipinski definition) is 2. The Morgan fingerprint density at radius 1 is 1.45 bits per heavy atom. The summed E-state index contributed by atoms with van der Waals surface area (Å²) in [4.78, 5) is 11.7. The van der Waals surface area contributed by atoms with E-state index in [9.17, 15) is 22.4 Å². The molecule has 0 aliphatic carbocycles. The molecule has 1 aromatic carbocycles. The van der Waals surface area contributed by atoms with Crippen molar-refractivity contribution in [2.45, 2.75) is 19.3 Å². The van der Waals surface area contributed by atoms with E-state index in [-0.39, 0.29) is 23.6 Å². The van der Waals surface area contributed by atoms with Gasteiger partial charge in [-0.25, -0.2) is 8.78 Å². The molecule has 0 aliphatic heterocycles. The summed E-state index contributed by atoms with van der Waals surface area (Å²) in [7, 11) is 0. The predicted molar refractivity (Wildman–Crippen MR) is 65.3 cm³/mol. The molecule has 20 heavy (non-hydrogen) atoms. The van der Waals surface area contributed by atoms with Crippen molar-refractivity contribution < 1.29 is 27.1 Å². The number of halogens is 4. The van der Waals surface area contributed by atoms with E-state index in [1.807, 2.05) is 0 Å². The van der Waals surface area contributed by atoms with Crippen LogP contribution < -0.4 is 15.8 Å². The smallest absolute Gasteiger partial charge is 0.324 e. The van der Waals surface area contributed by atoms with Crippen LogP contribution in [0, 0.1) is 0 Å². The Morgan fingerprint density at radius 3 is 2.65 bits per heavy atom. The first kappa shape index (κ1) is 16.1. The largest absolute Gasteiger partial charge is 0.491 e. The molecule has 1 rings (SSSR count). The lowest BCUT2D eigenvalue weighted by Crippen LogP contribution is -2.41. The number of benzene rings is 1. The highest BCUT2D eigenvalue weighted by Crippen LogP contribution is 2.27. The van der Waals surface area contributed by atoms with Crippen LogP contribution in [0.5, 0.6) is 5.75 Å². The minimum absolute atomic E-state index is 0.0351. The molecule has 3 N–H and O–H groups in total. The van der Waals surface area contributed by atoms with E-state index in [0.29, 0.717) is 0 Å². The third kappa shape index (κ3) is 3.75. The first-order valence-electron chi connectivity index (χ1n) is 5.75. The van der Waals surface area contributed by atoms with Gasteiger partial charge in [0.05, 0.1) is 24.4 Å². The fourth-order valence-corrected chi connectivity index (χ4v) is 1.41.